The third-order valence-electron chi connectivity index (χ3n) is 4.51. The predicted molar refractivity (Wildman–Crippen MR) is 115 cm³/mol. The minimum absolute atomic E-state index is 0.00358. The van der Waals surface area contributed by atoms with E-state index in [0.717, 1.165) is 16.9 Å². The van der Waals surface area contributed by atoms with Crippen molar-refractivity contribution in [1.29, 1.82) is 0 Å². The molecule has 8 heteroatoms. The monoisotopic (exact) mass is 411 g/mol. The van der Waals surface area contributed by atoms with Crippen LogP contribution in [0.1, 0.15) is 18.1 Å². The fraction of sp³-hybridized carbons (Fsp3) is 0.286. The molecule has 0 unspecified atom stereocenters. The summed E-state index contributed by atoms with van der Waals surface area (Å²) in [5, 5.41) is 8.79. The number of carbonyl (C=O) groups is 1. The van der Waals surface area contributed by atoms with Crippen molar-refractivity contribution in [3.8, 4) is 17.1 Å². The van der Waals surface area contributed by atoms with E-state index < -0.39 is 0 Å². The van der Waals surface area contributed by atoms with E-state index >= 15 is 0 Å². The average Bonchev–Trinajstić information content (AvgIpc) is 3.09. The maximum absolute atomic E-state index is 12.5. The summed E-state index contributed by atoms with van der Waals surface area (Å²) in [5.41, 5.74) is 3.13. The highest BCUT2D eigenvalue weighted by Gasteiger charge is 2.16. The molecule has 0 saturated heterocycles. The number of nitrogens with zero attached hydrogens (tertiary/aromatic N) is 4. The molecule has 0 spiro atoms. The van der Waals surface area contributed by atoms with Gasteiger partial charge in [-0.1, -0.05) is 36.0 Å². The van der Waals surface area contributed by atoms with Crippen LogP contribution in [0.3, 0.4) is 0 Å². The van der Waals surface area contributed by atoms with Gasteiger partial charge in [0.1, 0.15) is 5.75 Å². The van der Waals surface area contributed by atoms with Gasteiger partial charge >= 0.3 is 0 Å². The van der Waals surface area contributed by atoms with Crippen LogP contribution in [0.15, 0.2) is 53.7 Å². The maximum Gasteiger partial charge on any atom is 0.233 e. The number of amides is 1. The van der Waals surface area contributed by atoms with Crippen molar-refractivity contribution in [3.63, 3.8) is 0 Å². The van der Waals surface area contributed by atoms with Crippen LogP contribution in [-0.2, 0) is 11.3 Å². The van der Waals surface area contributed by atoms with Crippen LogP contribution in [0, 0.1) is 6.92 Å². The largest absolute Gasteiger partial charge is 0.494 e. The lowest BCUT2D eigenvalue weighted by atomic mass is 10.1. The quantitative estimate of drug-likeness (QED) is 0.453. The van der Waals surface area contributed by atoms with Gasteiger partial charge in [0, 0.05) is 19.2 Å². The van der Waals surface area contributed by atoms with Gasteiger partial charge in [-0.2, -0.15) is 0 Å². The fourth-order valence-electron chi connectivity index (χ4n) is 2.81. The molecule has 152 valence electrons. The Morgan fingerprint density at radius 2 is 1.90 bits per heavy atom. The molecule has 1 aromatic heterocycles. The van der Waals surface area contributed by atoms with E-state index in [2.05, 4.69) is 10.2 Å². The second kappa shape index (κ2) is 9.47. The molecular formula is C21H25N5O2S. The van der Waals surface area contributed by atoms with Gasteiger partial charge in [0.05, 0.1) is 12.4 Å². The summed E-state index contributed by atoms with van der Waals surface area (Å²) in [6.07, 6.45) is 0. The molecule has 3 aromatic rings. The smallest absolute Gasteiger partial charge is 0.233 e. The highest BCUT2D eigenvalue weighted by molar-refractivity contribution is 7.99. The van der Waals surface area contributed by atoms with Crippen LogP contribution in [0.25, 0.3) is 11.4 Å². The Morgan fingerprint density at radius 3 is 2.59 bits per heavy atom. The van der Waals surface area contributed by atoms with Crippen molar-refractivity contribution in [2.24, 2.45) is 0 Å². The van der Waals surface area contributed by atoms with Gasteiger partial charge in [-0.3, -0.25) is 4.79 Å². The Kier molecular flexibility index (Phi) is 6.77. The standard InChI is InChI=1S/C21H25N5O2S/c1-4-28-18-11-9-16(10-12-18)20-23-24-21(26(20)22)29-14-19(27)25(3)13-17-8-6-5-7-15(17)2/h5-12H,4,13-14,22H2,1-3H3. The summed E-state index contributed by atoms with van der Waals surface area (Å²) in [5.74, 6) is 7.72. The molecule has 2 aromatic carbocycles. The Labute approximate surface area is 174 Å². The highest BCUT2D eigenvalue weighted by Crippen LogP contribution is 2.24. The Balaban J connectivity index is 1.61. The Bertz CT molecular complexity index is 971. The lowest BCUT2D eigenvalue weighted by Gasteiger charge is -2.18. The summed E-state index contributed by atoms with van der Waals surface area (Å²) in [7, 11) is 1.80. The molecule has 0 bridgehead atoms. The third kappa shape index (κ3) is 5.08. The van der Waals surface area contributed by atoms with E-state index in [-0.39, 0.29) is 11.7 Å². The minimum Gasteiger partial charge on any atom is -0.494 e. The summed E-state index contributed by atoms with van der Waals surface area (Å²) >= 11 is 1.27. The third-order valence-corrected chi connectivity index (χ3v) is 5.44. The van der Waals surface area contributed by atoms with Gasteiger partial charge < -0.3 is 15.5 Å². The van der Waals surface area contributed by atoms with E-state index in [9.17, 15) is 4.79 Å². The number of hydrogen-bond acceptors (Lipinski definition) is 6. The number of aromatic nitrogens is 3. The first-order valence-corrected chi connectivity index (χ1v) is 10.3. The van der Waals surface area contributed by atoms with E-state index in [1.807, 2.05) is 62.4 Å². The lowest BCUT2D eigenvalue weighted by molar-refractivity contribution is -0.127. The SMILES string of the molecule is CCOc1ccc(-c2nnc(SCC(=O)N(C)Cc3ccccc3C)n2N)cc1. The predicted octanol–water partition coefficient (Wildman–Crippen LogP) is 3.12. The molecule has 0 radical (unpaired) electrons. The number of carbonyl (C=O) groups excluding carboxylic acids is 1. The number of thioether (sulfide) groups is 1. The van der Waals surface area contributed by atoms with Crippen LogP contribution >= 0.6 is 11.8 Å². The van der Waals surface area contributed by atoms with E-state index in [4.69, 9.17) is 10.6 Å². The maximum atomic E-state index is 12.5. The highest BCUT2D eigenvalue weighted by atomic mass is 32.2. The molecule has 7 nitrogen and oxygen atoms in total. The number of nitrogens with two attached hydrogens (primary N) is 1. The summed E-state index contributed by atoms with van der Waals surface area (Å²) < 4.78 is 6.86. The summed E-state index contributed by atoms with van der Waals surface area (Å²) in [4.78, 5) is 14.2. The topological polar surface area (TPSA) is 86.3 Å². The minimum atomic E-state index is 0.00358. The van der Waals surface area contributed by atoms with E-state index in [0.29, 0.717) is 24.1 Å². The zero-order valence-electron chi connectivity index (χ0n) is 16.8. The van der Waals surface area contributed by atoms with Gasteiger partial charge in [0.2, 0.25) is 11.1 Å². The lowest BCUT2D eigenvalue weighted by Crippen LogP contribution is -2.28. The van der Waals surface area contributed by atoms with Gasteiger partial charge in [-0.25, -0.2) is 4.68 Å². The Hall–Kier alpha value is -3.00. The number of benzene rings is 2. The molecule has 1 amide bonds. The van der Waals surface area contributed by atoms with Crippen LogP contribution in [0.4, 0.5) is 0 Å². The normalized spacial score (nSPS) is 10.7. The van der Waals surface area contributed by atoms with Crippen molar-refractivity contribution in [1.82, 2.24) is 19.8 Å². The number of aryl methyl sites for hydroxylation is 1. The van der Waals surface area contributed by atoms with E-state index in [1.165, 1.54) is 22.0 Å². The molecule has 0 saturated carbocycles. The van der Waals surface area contributed by atoms with Crippen molar-refractivity contribution in [2.45, 2.75) is 25.5 Å². The molecule has 29 heavy (non-hydrogen) atoms. The second-order valence-electron chi connectivity index (χ2n) is 6.60. The van der Waals surface area contributed by atoms with Crippen LogP contribution in [0.5, 0.6) is 5.75 Å². The van der Waals surface area contributed by atoms with Crippen molar-refractivity contribution in [2.75, 3.05) is 25.3 Å². The molecule has 0 aliphatic heterocycles. The molecule has 0 aliphatic rings. The molecule has 0 atom stereocenters. The van der Waals surface area contributed by atoms with Crippen LogP contribution < -0.4 is 10.6 Å². The van der Waals surface area contributed by atoms with Crippen molar-refractivity contribution >= 4 is 17.7 Å². The molecule has 0 aliphatic carbocycles. The molecule has 3 rings (SSSR count). The zero-order valence-corrected chi connectivity index (χ0v) is 17.6. The first-order valence-electron chi connectivity index (χ1n) is 9.34. The van der Waals surface area contributed by atoms with Crippen molar-refractivity contribution in [3.05, 3.63) is 59.7 Å². The zero-order chi connectivity index (χ0) is 20.8. The molecule has 1 heterocycles. The Morgan fingerprint density at radius 1 is 1.17 bits per heavy atom. The first-order chi connectivity index (χ1) is 14.0. The number of rotatable bonds is 8. The van der Waals surface area contributed by atoms with Crippen LogP contribution in [0.2, 0.25) is 0 Å². The van der Waals surface area contributed by atoms with Crippen LogP contribution in [-0.4, -0.2) is 45.1 Å². The number of ether oxygens (including phenoxy) is 1. The molecular weight excluding hydrogens is 386 g/mol. The molecule has 2 N–H and O–H groups in total. The van der Waals surface area contributed by atoms with Gasteiger partial charge in [-0.05, 0) is 49.2 Å². The average molecular weight is 412 g/mol. The summed E-state index contributed by atoms with van der Waals surface area (Å²) in [6.45, 7) is 5.16. The second-order valence-corrected chi connectivity index (χ2v) is 7.54. The van der Waals surface area contributed by atoms with Crippen molar-refractivity contribution < 1.29 is 9.53 Å². The number of hydrogen-bond donors (Lipinski definition) is 1. The van der Waals surface area contributed by atoms with Gasteiger partial charge in [-0.15, -0.1) is 10.2 Å². The molecule has 0 fully saturated rings. The van der Waals surface area contributed by atoms with Gasteiger partial charge in [0.15, 0.2) is 5.82 Å². The fourth-order valence-corrected chi connectivity index (χ4v) is 3.60. The van der Waals surface area contributed by atoms with E-state index in [1.54, 1.807) is 11.9 Å². The first kappa shape index (κ1) is 20.7. The van der Waals surface area contributed by atoms with Gasteiger partial charge in [0.25, 0.3) is 0 Å². The number of nitrogen functional groups attached to an aromatic ring is 1. The summed E-state index contributed by atoms with van der Waals surface area (Å²) in [6, 6.07) is 15.5.